The van der Waals surface area contributed by atoms with Gasteiger partial charge in [-0.3, -0.25) is 14.9 Å². The van der Waals surface area contributed by atoms with Crippen LogP contribution in [0, 0.1) is 10.1 Å². The van der Waals surface area contributed by atoms with Gasteiger partial charge in [0.2, 0.25) is 5.91 Å². The minimum Gasteiger partial charge on any atom is -0.301 e. The van der Waals surface area contributed by atoms with Gasteiger partial charge in [-0.05, 0) is 13.0 Å². The Morgan fingerprint density at radius 2 is 2.33 bits per heavy atom. The number of aromatic nitrogens is 1. The fourth-order valence-electron chi connectivity index (χ4n) is 1.29. The number of benzene rings is 1. The molecule has 0 saturated heterocycles. The molecule has 0 saturated carbocycles. The van der Waals surface area contributed by atoms with Crippen LogP contribution in [-0.2, 0) is 4.79 Å². The number of nitrogens with zero attached hydrogens (tertiary/aromatic N) is 2. The number of thiazole rings is 1. The Morgan fingerprint density at radius 3 is 2.94 bits per heavy atom. The van der Waals surface area contributed by atoms with Crippen molar-refractivity contribution in [3.8, 4) is 0 Å². The molecule has 6 nitrogen and oxygen atoms in total. The molecule has 1 aromatic heterocycles. The van der Waals surface area contributed by atoms with Crippen LogP contribution in [0.4, 0.5) is 10.8 Å². The lowest BCUT2D eigenvalue weighted by Crippen LogP contribution is -2.19. The highest BCUT2D eigenvalue weighted by atomic mass is 35.5. The maximum absolute atomic E-state index is 11.4. The van der Waals surface area contributed by atoms with Crippen molar-refractivity contribution in [3.05, 3.63) is 28.3 Å². The number of carbonyl (C=O) groups excluding carboxylic acids is 1. The lowest BCUT2D eigenvalue weighted by molar-refractivity contribution is -0.384. The Kier molecular flexibility index (Phi) is 3.44. The first-order valence-electron chi connectivity index (χ1n) is 4.97. The zero-order chi connectivity index (χ0) is 13.3. The van der Waals surface area contributed by atoms with Crippen molar-refractivity contribution < 1.29 is 9.72 Å². The summed E-state index contributed by atoms with van der Waals surface area (Å²) in [4.78, 5) is 25.7. The molecule has 0 aliphatic heterocycles. The standard InChI is InChI=1S/C10H8ClN3O3S/c1-5(11)9(15)13-10-12-7-3-2-6(14(16)17)4-8(7)18-10/h2-5H,1H3,(H,12,13,15). The van der Waals surface area contributed by atoms with Gasteiger partial charge in [0.25, 0.3) is 5.69 Å². The van der Waals surface area contributed by atoms with E-state index in [9.17, 15) is 14.9 Å². The first-order valence-corrected chi connectivity index (χ1v) is 6.22. The Labute approximate surface area is 111 Å². The van der Waals surface area contributed by atoms with Gasteiger partial charge in [0.1, 0.15) is 5.38 Å². The molecule has 18 heavy (non-hydrogen) atoms. The number of nitrogens with one attached hydrogen (secondary N) is 1. The zero-order valence-electron chi connectivity index (χ0n) is 9.21. The van der Waals surface area contributed by atoms with E-state index < -0.39 is 10.3 Å². The molecule has 1 heterocycles. The third kappa shape index (κ3) is 2.57. The van der Waals surface area contributed by atoms with Crippen LogP contribution >= 0.6 is 22.9 Å². The molecule has 2 aromatic rings. The predicted molar refractivity (Wildman–Crippen MR) is 70.2 cm³/mol. The van der Waals surface area contributed by atoms with Gasteiger partial charge in [-0.25, -0.2) is 4.98 Å². The van der Waals surface area contributed by atoms with Crippen LogP contribution in [0.1, 0.15) is 6.92 Å². The number of carbonyl (C=O) groups is 1. The van der Waals surface area contributed by atoms with Gasteiger partial charge in [0.15, 0.2) is 5.13 Å². The highest BCUT2D eigenvalue weighted by Crippen LogP contribution is 2.29. The number of anilines is 1. The van der Waals surface area contributed by atoms with Crippen LogP contribution in [-0.4, -0.2) is 21.2 Å². The van der Waals surface area contributed by atoms with Crippen molar-refractivity contribution in [1.29, 1.82) is 0 Å². The summed E-state index contributed by atoms with van der Waals surface area (Å²) in [5, 5.41) is 12.9. The highest BCUT2D eigenvalue weighted by molar-refractivity contribution is 7.22. The molecule has 0 spiro atoms. The van der Waals surface area contributed by atoms with E-state index in [0.717, 1.165) is 0 Å². The van der Waals surface area contributed by atoms with E-state index in [1.54, 1.807) is 13.0 Å². The average molecular weight is 286 g/mol. The molecule has 1 unspecified atom stereocenters. The fraction of sp³-hybridized carbons (Fsp3) is 0.200. The second-order valence-corrected chi connectivity index (χ2v) is 5.22. The number of rotatable bonds is 3. The molecule has 1 aromatic carbocycles. The number of halogens is 1. The van der Waals surface area contributed by atoms with Crippen LogP contribution in [0.3, 0.4) is 0 Å². The summed E-state index contributed by atoms with van der Waals surface area (Å²) in [6, 6.07) is 4.34. The van der Waals surface area contributed by atoms with E-state index in [2.05, 4.69) is 10.3 Å². The molecular formula is C10H8ClN3O3S. The lowest BCUT2D eigenvalue weighted by Gasteiger charge is -2.01. The minimum absolute atomic E-state index is 0.00487. The number of nitro benzene ring substituents is 1. The molecule has 0 fully saturated rings. The quantitative estimate of drug-likeness (QED) is 0.534. The van der Waals surface area contributed by atoms with Crippen LogP contribution < -0.4 is 5.32 Å². The molecule has 8 heteroatoms. The molecule has 1 N–H and O–H groups in total. The first-order chi connectivity index (χ1) is 8.47. The molecular weight excluding hydrogens is 278 g/mol. The molecule has 2 rings (SSSR count). The van der Waals surface area contributed by atoms with Gasteiger partial charge in [0, 0.05) is 12.1 Å². The summed E-state index contributed by atoms with van der Waals surface area (Å²) in [5.41, 5.74) is 0.595. The number of hydrogen-bond donors (Lipinski definition) is 1. The molecule has 94 valence electrons. The second-order valence-electron chi connectivity index (χ2n) is 3.53. The van der Waals surface area contributed by atoms with Crippen LogP contribution in [0.25, 0.3) is 10.2 Å². The molecule has 0 aliphatic rings. The number of alkyl halides is 1. The maximum Gasteiger partial charge on any atom is 0.270 e. The summed E-state index contributed by atoms with van der Waals surface area (Å²) in [5.74, 6) is -0.356. The molecule has 0 radical (unpaired) electrons. The van der Waals surface area contributed by atoms with Gasteiger partial charge >= 0.3 is 0 Å². The molecule has 1 atom stereocenters. The fourth-order valence-corrected chi connectivity index (χ4v) is 2.24. The van der Waals surface area contributed by atoms with Crippen molar-refractivity contribution >= 4 is 49.9 Å². The van der Waals surface area contributed by atoms with Gasteiger partial charge < -0.3 is 5.32 Å². The van der Waals surface area contributed by atoms with Gasteiger partial charge in [-0.15, -0.1) is 11.6 Å². The lowest BCUT2D eigenvalue weighted by atomic mass is 10.3. The first kappa shape index (κ1) is 12.7. The summed E-state index contributed by atoms with van der Waals surface area (Å²) in [6.07, 6.45) is 0. The van der Waals surface area contributed by atoms with Crippen LogP contribution in [0.5, 0.6) is 0 Å². The normalized spacial score (nSPS) is 12.3. The SMILES string of the molecule is CC(Cl)C(=O)Nc1nc2ccc([N+](=O)[O-])cc2s1. The van der Waals surface area contributed by atoms with Crippen LogP contribution in [0.2, 0.25) is 0 Å². The van der Waals surface area contributed by atoms with Crippen LogP contribution in [0.15, 0.2) is 18.2 Å². The van der Waals surface area contributed by atoms with E-state index in [4.69, 9.17) is 11.6 Å². The van der Waals surface area contributed by atoms with Gasteiger partial charge in [-0.1, -0.05) is 11.3 Å². The van der Waals surface area contributed by atoms with E-state index in [1.165, 1.54) is 23.5 Å². The van der Waals surface area contributed by atoms with E-state index in [1.807, 2.05) is 0 Å². The van der Waals surface area contributed by atoms with Gasteiger partial charge in [0.05, 0.1) is 15.1 Å². The second kappa shape index (κ2) is 4.87. The third-order valence-corrected chi connectivity index (χ3v) is 3.31. The topological polar surface area (TPSA) is 85.1 Å². The van der Waals surface area contributed by atoms with E-state index >= 15 is 0 Å². The summed E-state index contributed by atoms with van der Waals surface area (Å²) in [7, 11) is 0. The third-order valence-electron chi connectivity index (χ3n) is 2.17. The van der Waals surface area contributed by atoms with Crippen molar-refractivity contribution in [2.24, 2.45) is 0 Å². The minimum atomic E-state index is -0.661. The van der Waals surface area contributed by atoms with Crippen molar-refractivity contribution in [1.82, 2.24) is 4.98 Å². The summed E-state index contributed by atoms with van der Waals surface area (Å²) >= 11 is 6.79. The average Bonchev–Trinajstić information content (AvgIpc) is 2.69. The summed E-state index contributed by atoms with van der Waals surface area (Å²) in [6.45, 7) is 1.55. The smallest absolute Gasteiger partial charge is 0.270 e. The zero-order valence-corrected chi connectivity index (χ0v) is 10.8. The Bertz CT molecular complexity index is 626. The number of amides is 1. The van der Waals surface area contributed by atoms with E-state index in [-0.39, 0.29) is 11.6 Å². The van der Waals surface area contributed by atoms with Gasteiger partial charge in [-0.2, -0.15) is 0 Å². The Balaban J connectivity index is 2.33. The predicted octanol–water partition coefficient (Wildman–Crippen LogP) is 2.77. The summed E-state index contributed by atoms with van der Waals surface area (Å²) < 4.78 is 0.640. The Hall–Kier alpha value is -1.73. The van der Waals surface area contributed by atoms with Crippen molar-refractivity contribution in [2.75, 3.05) is 5.32 Å². The Morgan fingerprint density at radius 1 is 1.61 bits per heavy atom. The molecule has 1 amide bonds. The number of hydrogen-bond acceptors (Lipinski definition) is 5. The molecule has 0 aliphatic carbocycles. The molecule has 0 bridgehead atoms. The number of non-ortho nitro benzene ring substituents is 1. The maximum atomic E-state index is 11.4. The van der Waals surface area contributed by atoms with Crippen molar-refractivity contribution in [3.63, 3.8) is 0 Å². The number of fused-ring (bicyclic) bond motifs is 1. The number of nitro groups is 1. The van der Waals surface area contributed by atoms with E-state index in [0.29, 0.717) is 15.3 Å². The van der Waals surface area contributed by atoms with Crippen molar-refractivity contribution in [2.45, 2.75) is 12.3 Å². The monoisotopic (exact) mass is 285 g/mol. The highest BCUT2D eigenvalue weighted by Gasteiger charge is 2.14. The largest absolute Gasteiger partial charge is 0.301 e.